The second kappa shape index (κ2) is 7.97. The second-order valence-electron chi connectivity index (χ2n) is 5.83. The van der Waals surface area contributed by atoms with Gasteiger partial charge in [-0.25, -0.2) is 0 Å². The molecule has 0 aliphatic carbocycles. The minimum absolute atomic E-state index is 0.0187. The van der Waals surface area contributed by atoms with Gasteiger partial charge in [0.1, 0.15) is 6.54 Å². The van der Waals surface area contributed by atoms with Crippen molar-refractivity contribution in [3.8, 4) is 0 Å². The Morgan fingerprint density at radius 2 is 1.92 bits per heavy atom. The van der Waals surface area contributed by atoms with Gasteiger partial charge in [-0.15, -0.1) is 23.5 Å². The van der Waals surface area contributed by atoms with E-state index >= 15 is 0 Å². The van der Waals surface area contributed by atoms with Crippen molar-refractivity contribution in [1.29, 1.82) is 0 Å². The molecule has 0 N–H and O–H groups in total. The van der Waals surface area contributed by atoms with Gasteiger partial charge in [-0.1, -0.05) is 24.3 Å². The molecule has 0 bridgehead atoms. The number of amides is 2. The number of nitrogens with zero attached hydrogens (tertiary/aromatic N) is 2. The highest BCUT2D eigenvalue weighted by atomic mass is 32.2. The number of para-hydroxylation sites is 1. The van der Waals surface area contributed by atoms with Crippen LogP contribution in [0.4, 0.5) is 5.69 Å². The van der Waals surface area contributed by atoms with Crippen molar-refractivity contribution < 1.29 is 9.59 Å². The molecule has 2 amide bonds. The molecular weight excluding hydrogens is 352 g/mol. The minimum atomic E-state index is -0.0657. The van der Waals surface area contributed by atoms with Crippen molar-refractivity contribution in [2.45, 2.75) is 16.3 Å². The Balaban J connectivity index is 1.67. The Morgan fingerprint density at radius 1 is 1.20 bits per heavy atom. The highest BCUT2D eigenvalue weighted by molar-refractivity contribution is 8.00. The van der Waals surface area contributed by atoms with Crippen LogP contribution >= 0.6 is 23.5 Å². The van der Waals surface area contributed by atoms with Gasteiger partial charge in [0.2, 0.25) is 11.8 Å². The maximum Gasteiger partial charge on any atom is 0.242 e. The van der Waals surface area contributed by atoms with Gasteiger partial charge >= 0.3 is 0 Å². The average molecular weight is 373 g/mol. The van der Waals surface area contributed by atoms with E-state index in [4.69, 9.17) is 0 Å². The van der Waals surface area contributed by atoms with Crippen molar-refractivity contribution in [1.82, 2.24) is 4.90 Å². The van der Waals surface area contributed by atoms with Crippen LogP contribution in [-0.2, 0) is 16.1 Å². The zero-order valence-electron chi connectivity index (χ0n) is 14.3. The zero-order chi connectivity index (χ0) is 17.8. The van der Waals surface area contributed by atoms with Crippen LogP contribution in [0.25, 0.3) is 0 Å². The molecule has 2 aromatic carbocycles. The molecule has 1 heterocycles. The number of hydrogen-bond donors (Lipinski definition) is 0. The number of hydrogen-bond acceptors (Lipinski definition) is 4. The fourth-order valence-corrected chi connectivity index (χ4v) is 4.02. The molecule has 6 heteroatoms. The average Bonchev–Trinajstić information content (AvgIpc) is 2.64. The molecule has 1 aliphatic rings. The highest BCUT2D eigenvalue weighted by Crippen LogP contribution is 2.34. The number of fused-ring (bicyclic) bond motifs is 1. The molecule has 0 fully saturated rings. The van der Waals surface area contributed by atoms with Crippen LogP contribution in [-0.4, -0.2) is 42.3 Å². The molecule has 0 saturated heterocycles. The van der Waals surface area contributed by atoms with Crippen LogP contribution in [0.1, 0.15) is 5.56 Å². The molecule has 25 heavy (non-hydrogen) atoms. The van der Waals surface area contributed by atoms with E-state index in [0.717, 1.165) is 16.1 Å². The number of thioether (sulfide) groups is 2. The molecule has 0 aromatic heterocycles. The second-order valence-corrected chi connectivity index (χ2v) is 7.73. The van der Waals surface area contributed by atoms with Crippen LogP contribution in [0.5, 0.6) is 0 Å². The van der Waals surface area contributed by atoms with Crippen LogP contribution in [0.15, 0.2) is 58.3 Å². The lowest BCUT2D eigenvalue weighted by Crippen LogP contribution is -2.43. The van der Waals surface area contributed by atoms with Crippen LogP contribution in [0.2, 0.25) is 0 Å². The third-order valence-electron chi connectivity index (χ3n) is 4.11. The monoisotopic (exact) mass is 372 g/mol. The number of carbonyl (C=O) groups is 2. The van der Waals surface area contributed by atoms with E-state index < -0.39 is 0 Å². The Labute approximate surface area is 156 Å². The third-order valence-corrected chi connectivity index (χ3v) is 5.90. The first-order valence-electron chi connectivity index (χ1n) is 7.97. The van der Waals surface area contributed by atoms with Gasteiger partial charge in [0.15, 0.2) is 0 Å². The van der Waals surface area contributed by atoms with Gasteiger partial charge in [-0.3, -0.25) is 9.59 Å². The van der Waals surface area contributed by atoms with E-state index in [2.05, 4.69) is 12.1 Å². The molecule has 0 atom stereocenters. The lowest BCUT2D eigenvalue weighted by Gasteiger charge is -2.30. The smallest absolute Gasteiger partial charge is 0.242 e. The molecular formula is C19H20N2O2S2. The summed E-state index contributed by atoms with van der Waals surface area (Å²) in [5.41, 5.74) is 1.91. The van der Waals surface area contributed by atoms with E-state index in [1.165, 1.54) is 16.7 Å². The zero-order valence-corrected chi connectivity index (χ0v) is 15.9. The molecule has 0 saturated carbocycles. The molecule has 0 spiro atoms. The van der Waals surface area contributed by atoms with Crippen molar-refractivity contribution in [3.05, 3.63) is 54.1 Å². The summed E-state index contributed by atoms with van der Waals surface area (Å²) < 4.78 is 0. The van der Waals surface area contributed by atoms with Gasteiger partial charge in [0.05, 0.1) is 11.4 Å². The first kappa shape index (κ1) is 17.9. The molecule has 130 valence electrons. The number of anilines is 1. The van der Waals surface area contributed by atoms with Gasteiger partial charge in [-0.2, -0.15) is 0 Å². The molecule has 4 nitrogen and oxygen atoms in total. The van der Waals surface area contributed by atoms with E-state index in [1.807, 2.05) is 42.7 Å². The Hall–Kier alpha value is -1.92. The summed E-state index contributed by atoms with van der Waals surface area (Å²) in [6, 6.07) is 15.9. The Kier molecular flexibility index (Phi) is 5.71. The predicted octanol–water partition coefficient (Wildman–Crippen LogP) is 3.51. The number of rotatable bonds is 5. The molecule has 1 aliphatic heterocycles. The lowest BCUT2D eigenvalue weighted by atomic mass is 10.2. The fourth-order valence-electron chi connectivity index (χ4n) is 2.68. The summed E-state index contributed by atoms with van der Waals surface area (Å²) in [5.74, 6) is 0.295. The van der Waals surface area contributed by atoms with Gasteiger partial charge in [0.25, 0.3) is 0 Å². The van der Waals surface area contributed by atoms with Crippen LogP contribution in [0.3, 0.4) is 0 Å². The first-order chi connectivity index (χ1) is 12.1. The molecule has 3 rings (SSSR count). The van der Waals surface area contributed by atoms with Gasteiger partial charge in [0, 0.05) is 23.4 Å². The molecule has 0 unspecified atom stereocenters. The van der Waals surface area contributed by atoms with Crippen molar-refractivity contribution in [2.24, 2.45) is 0 Å². The Bertz CT molecular complexity index is 777. The minimum Gasteiger partial charge on any atom is -0.340 e. The first-order valence-corrected chi connectivity index (χ1v) is 10.2. The maximum absolute atomic E-state index is 12.6. The summed E-state index contributed by atoms with van der Waals surface area (Å²) >= 11 is 3.22. The van der Waals surface area contributed by atoms with E-state index in [0.29, 0.717) is 12.3 Å². The van der Waals surface area contributed by atoms with E-state index in [9.17, 15) is 9.59 Å². The quantitative estimate of drug-likeness (QED) is 0.753. The predicted molar refractivity (Wildman–Crippen MR) is 104 cm³/mol. The van der Waals surface area contributed by atoms with Crippen LogP contribution < -0.4 is 4.90 Å². The molecule has 0 radical (unpaired) electrons. The van der Waals surface area contributed by atoms with Gasteiger partial charge in [-0.05, 0) is 36.1 Å². The third kappa shape index (κ3) is 4.19. The summed E-state index contributed by atoms with van der Waals surface area (Å²) in [4.78, 5) is 30.4. The topological polar surface area (TPSA) is 40.6 Å². The molecule has 2 aromatic rings. The maximum atomic E-state index is 12.6. The summed E-state index contributed by atoms with van der Waals surface area (Å²) in [6.07, 6.45) is 2.04. The highest BCUT2D eigenvalue weighted by Gasteiger charge is 2.27. The van der Waals surface area contributed by atoms with Crippen molar-refractivity contribution in [2.75, 3.05) is 30.5 Å². The Morgan fingerprint density at radius 3 is 2.64 bits per heavy atom. The summed E-state index contributed by atoms with van der Waals surface area (Å²) in [5, 5.41) is 0. The summed E-state index contributed by atoms with van der Waals surface area (Å²) in [7, 11) is 1.78. The van der Waals surface area contributed by atoms with Crippen LogP contribution in [0, 0.1) is 0 Å². The van der Waals surface area contributed by atoms with Gasteiger partial charge < -0.3 is 9.80 Å². The largest absolute Gasteiger partial charge is 0.340 e. The summed E-state index contributed by atoms with van der Waals surface area (Å²) in [6.45, 7) is 0.613. The number of likely N-dealkylation sites (N-methyl/N-ethyl adjacent to an activating group) is 1. The van der Waals surface area contributed by atoms with Crippen molar-refractivity contribution >= 4 is 41.0 Å². The van der Waals surface area contributed by atoms with Crippen molar-refractivity contribution in [3.63, 3.8) is 0 Å². The SMILES string of the molecule is CSc1ccc(CN(C)C(=O)CN2C(=O)CSc3ccccc32)cc1. The fraction of sp³-hybridized carbons (Fsp3) is 0.263. The lowest BCUT2D eigenvalue weighted by molar-refractivity contribution is -0.130. The van der Waals surface area contributed by atoms with E-state index in [-0.39, 0.29) is 18.4 Å². The van der Waals surface area contributed by atoms with E-state index in [1.54, 1.807) is 28.6 Å². The normalized spacial score (nSPS) is 13.5. The standard InChI is InChI=1S/C19H20N2O2S2/c1-20(11-14-7-9-15(24-2)10-8-14)18(22)12-21-16-5-3-4-6-17(16)25-13-19(21)23/h3-10H,11-13H2,1-2H3. The number of carbonyl (C=O) groups excluding carboxylic acids is 2. The number of benzene rings is 2.